The van der Waals surface area contributed by atoms with Gasteiger partial charge in [-0.15, -0.1) is 0 Å². The van der Waals surface area contributed by atoms with Gasteiger partial charge in [0.1, 0.15) is 23.4 Å². The molecule has 0 atom stereocenters. The van der Waals surface area contributed by atoms with Crippen LogP contribution in [-0.2, 0) is 0 Å². The van der Waals surface area contributed by atoms with E-state index in [9.17, 15) is 19.2 Å². The van der Waals surface area contributed by atoms with Gasteiger partial charge in [0.25, 0.3) is 23.6 Å². The molecule has 0 spiro atoms. The lowest BCUT2D eigenvalue weighted by Gasteiger charge is -2.31. The summed E-state index contributed by atoms with van der Waals surface area (Å²) < 4.78 is 18.2. The molecule has 9 heteroatoms. The van der Waals surface area contributed by atoms with Crippen molar-refractivity contribution < 1.29 is 33.4 Å². The number of nitrogens with one attached hydrogen (secondary N) is 1. The molecule has 4 amide bonds. The van der Waals surface area contributed by atoms with Gasteiger partial charge in [-0.2, -0.15) is 0 Å². The van der Waals surface area contributed by atoms with Crippen LogP contribution in [-0.4, -0.2) is 44.0 Å². The molecule has 9 rings (SSSR count). The summed E-state index contributed by atoms with van der Waals surface area (Å²) in [6.07, 6.45) is 6.80. The summed E-state index contributed by atoms with van der Waals surface area (Å²) in [6, 6.07) is 27.0. The van der Waals surface area contributed by atoms with Crippen molar-refractivity contribution in [3.05, 3.63) is 159 Å². The quantitative estimate of drug-likeness (QED) is 0.120. The topological polar surface area (TPSA) is 111 Å². The summed E-state index contributed by atoms with van der Waals surface area (Å²) in [5, 5.41) is 4.67. The van der Waals surface area contributed by atoms with Crippen molar-refractivity contribution in [1.82, 2.24) is 5.32 Å². The lowest BCUT2D eigenvalue weighted by Crippen LogP contribution is -2.41. The Bertz CT molecular complexity index is 3180. The minimum Gasteiger partial charge on any atom is -0.495 e. The number of methoxy groups -OCH3 is 2. The maximum Gasteiger partial charge on any atom is 0.266 e. The lowest BCUT2D eigenvalue weighted by molar-refractivity contribution is 0.0840. The van der Waals surface area contributed by atoms with Gasteiger partial charge in [0, 0.05) is 61.0 Å². The summed E-state index contributed by atoms with van der Waals surface area (Å²) in [4.78, 5) is 56.2. The van der Waals surface area contributed by atoms with Gasteiger partial charge in [0.2, 0.25) is 0 Å². The van der Waals surface area contributed by atoms with Crippen molar-refractivity contribution in [1.29, 1.82) is 0 Å². The normalized spacial score (nSPS) is 13.9. The van der Waals surface area contributed by atoms with Crippen LogP contribution in [0.4, 0.5) is 5.69 Å². The van der Waals surface area contributed by atoms with Crippen molar-refractivity contribution in [2.24, 2.45) is 11.8 Å². The van der Waals surface area contributed by atoms with E-state index in [0.29, 0.717) is 89.0 Å². The number of amides is 4. The van der Waals surface area contributed by atoms with Crippen LogP contribution in [0.25, 0.3) is 27.1 Å². The molecule has 0 unspecified atom stereocenters. The second kappa shape index (κ2) is 16.2. The fourth-order valence-corrected chi connectivity index (χ4v) is 8.87. The van der Waals surface area contributed by atoms with E-state index in [1.807, 2.05) is 60.7 Å². The molecule has 0 saturated heterocycles. The highest BCUT2D eigenvalue weighted by atomic mass is 16.5. The first kappa shape index (κ1) is 40.5. The molecule has 9 nitrogen and oxygen atoms in total. The van der Waals surface area contributed by atoms with Crippen LogP contribution >= 0.6 is 0 Å². The highest BCUT2D eigenvalue weighted by Crippen LogP contribution is 2.43. The molecule has 0 aromatic heterocycles. The van der Waals surface area contributed by atoms with Crippen LogP contribution in [0, 0.1) is 35.5 Å². The Morgan fingerprint density at radius 1 is 0.603 bits per heavy atom. The first-order valence-electron chi connectivity index (χ1n) is 20.8. The van der Waals surface area contributed by atoms with Crippen LogP contribution in [0.5, 0.6) is 17.2 Å². The Kier molecular flexibility index (Phi) is 10.4. The molecule has 0 fully saturated rings. The van der Waals surface area contributed by atoms with Crippen LogP contribution < -0.4 is 24.4 Å². The van der Waals surface area contributed by atoms with Crippen molar-refractivity contribution in [3.8, 4) is 40.9 Å². The number of hydrogen-bond donors (Lipinski definition) is 1. The zero-order chi connectivity index (χ0) is 44.1. The van der Waals surface area contributed by atoms with E-state index in [0.717, 1.165) is 17.6 Å². The number of benzene rings is 6. The molecule has 0 bridgehead atoms. The maximum absolute atomic E-state index is 14.9. The minimum atomic E-state index is -0.494. The van der Waals surface area contributed by atoms with Crippen molar-refractivity contribution in [2.75, 3.05) is 19.1 Å². The fraction of sp³-hybridized carbons (Fsp3) is 0.185. The van der Waals surface area contributed by atoms with Crippen LogP contribution in [0.2, 0.25) is 0 Å². The summed E-state index contributed by atoms with van der Waals surface area (Å²) in [6.45, 7) is 8.47. The molecule has 1 aliphatic carbocycles. The molecule has 3 aliphatic rings. The number of imide groups is 2. The second-order valence-corrected chi connectivity index (χ2v) is 16.3. The van der Waals surface area contributed by atoms with Crippen LogP contribution in [0.1, 0.15) is 103 Å². The van der Waals surface area contributed by atoms with Crippen molar-refractivity contribution in [2.45, 2.75) is 40.2 Å². The smallest absolute Gasteiger partial charge is 0.266 e. The zero-order valence-electron chi connectivity index (χ0n) is 35.6. The van der Waals surface area contributed by atoms with Crippen molar-refractivity contribution >= 4 is 56.4 Å². The average Bonchev–Trinajstić information content (AvgIpc) is 3.82. The van der Waals surface area contributed by atoms with Crippen LogP contribution in [0.3, 0.4) is 0 Å². The zero-order valence-corrected chi connectivity index (χ0v) is 35.6. The van der Waals surface area contributed by atoms with Gasteiger partial charge >= 0.3 is 0 Å². The number of allylic oxidation sites excluding steroid dienone is 4. The molecular weight excluding hydrogens is 789 g/mol. The van der Waals surface area contributed by atoms with Gasteiger partial charge in [0.05, 0.1) is 36.6 Å². The van der Waals surface area contributed by atoms with E-state index in [1.165, 1.54) is 12.0 Å². The molecular formula is C54H42N2O7. The molecule has 6 aromatic rings. The Labute approximate surface area is 365 Å². The monoisotopic (exact) mass is 830 g/mol. The van der Waals surface area contributed by atoms with E-state index >= 15 is 0 Å². The molecule has 6 aromatic carbocycles. The Morgan fingerprint density at radius 3 is 1.78 bits per heavy atom. The molecule has 63 heavy (non-hydrogen) atoms. The summed E-state index contributed by atoms with van der Waals surface area (Å²) in [5.74, 6) is 12.9. The molecule has 310 valence electrons. The number of carbonyl (C=O) groups is 4. The Hall–Kier alpha value is -7.88. The predicted octanol–water partition coefficient (Wildman–Crippen LogP) is 9.90. The molecule has 0 radical (unpaired) electrons. The standard InChI is InChI=1S/C54H42N2O7/c1-30(2)48(31(3)4)63-37-24-25-38(34-14-7-8-15-34)45(29-37)56-53(59)42-19-11-17-40-47(42)44(54(56)60)28-36(50(40)62-6)23-21-33-13-9-12-32(26-33)20-22-35-27-43-46-39(49(35)61-5)16-10-18-41(46)51(57)55-52(43)58/h7,9-19,24-31,48H,8H2,1-6H3,(H,55,57,58). The largest absolute Gasteiger partial charge is 0.495 e. The predicted molar refractivity (Wildman–Crippen MR) is 245 cm³/mol. The lowest BCUT2D eigenvalue weighted by atomic mass is 9.90. The summed E-state index contributed by atoms with van der Waals surface area (Å²) in [7, 11) is 3.07. The van der Waals surface area contributed by atoms with Crippen molar-refractivity contribution in [3.63, 3.8) is 0 Å². The van der Waals surface area contributed by atoms with Gasteiger partial charge in [-0.3, -0.25) is 24.5 Å². The fourth-order valence-electron chi connectivity index (χ4n) is 8.87. The third-order valence-electron chi connectivity index (χ3n) is 11.6. The highest BCUT2D eigenvalue weighted by Gasteiger charge is 2.37. The van der Waals surface area contributed by atoms with Gasteiger partial charge in [-0.1, -0.05) is 99.9 Å². The van der Waals surface area contributed by atoms with Crippen LogP contribution in [0.15, 0.2) is 109 Å². The number of hydrogen-bond acceptors (Lipinski definition) is 7. The van der Waals surface area contributed by atoms with Gasteiger partial charge < -0.3 is 14.2 Å². The number of anilines is 1. The highest BCUT2D eigenvalue weighted by molar-refractivity contribution is 6.37. The van der Waals surface area contributed by atoms with E-state index in [1.54, 1.807) is 49.6 Å². The third-order valence-corrected chi connectivity index (χ3v) is 11.6. The molecule has 0 saturated carbocycles. The molecule has 2 heterocycles. The van der Waals surface area contributed by atoms with E-state index in [4.69, 9.17) is 14.2 Å². The first-order valence-corrected chi connectivity index (χ1v) is 20.8. The minimum absolute atomic E-state index is 0.0785. The molecule has 1 N–H and O–H groups in total. The number of carbonyl (C=O) groups excluding carboxylic acids is 4. The Balaban J connectivity index is 1.10. The number of nitrogens with zero attached hydrogens (tertiary/aromatic N) is 1. The number of ether oxygens (including phenoxy) is 3. The third kappa shape index (κ3) is 7.08. The van der Waals surface area contributed by atoms with E-state index in [2.05, 4.69) is 62.8 Å². The van der Waals surface area contributed by atoms with Gasteiger partial charge in [-0.25, -0.2) is 4.90 Å². The summed E-state index contributed by atoms with van der Waals surface area (Å²) >= 11 is 0. The van der Waals surface area contributed by atoms with Gasteiger partial charge in [-0.05, 0) is 78.4 Å². The summed E-state index contributed by atoms with van der Waals surface area (Å²) in [5.41, 5.74) is 5.83. The maximum atomic E-state index is 14.9. The van der Waals surface area contributed by atoms with E-state index < -0.39 is 23.6 Å². The molecule has 2 aliphatic heterocycles. The average molecular weight is 831 g/mol. The SMILES string of the molecule is COc1c(C#Cc2cccc(C#Cc3cc4c5c(cccc5c3OC)C(=O)N(c3cc(OC(C(C)C)C(C)C)ccc3C3=CCC=C3)C4=O)c2)cc2c3c(cccc13)C(=O)NC2=O. The van der Waals surface area contributed by atoms with Gasteiger partial charge in [0.15, 0.2) is 0 Å². The first-order chi connectivity index (χ1) is 30.5. The van der Waals surface area contributed by atoms with E-state index in [-0.39, 0.29) is 17.9 Å². The number of rotatable bonds is 8. The second-order valence-electron chi connectivity index (χ2n) is 16.3. The Morgan fingerprint density at radius 2 is 1.17 bits per heavy atom.